The summed E-state index contributed by atoms with van der Waals surface area (Å²) in [4.78, 5) is 11.3. The molecular weight excluding hydrogens is 268 g/mol. The fourth-order valence-electron chi connectivity index (χ4n) is 2.10. The van der Waals surface area contributed by atoms with Gasteiger partial charge in [-0.1, -0.05) is 18.3 Å². The lowest BCUT2D eigenvalue weighted by Gasteiger charge is -2.24. The predicted octanol–water partition coefficient (Wildman–Crippen LogP) is 2.45. The Morgan fingerprint density at radius 3 is 2.80 bits per heavy atom. The van der Waals surface area contributed by atoms with Crippen molar-refractivity contribution in [3.63, 3.8) is 0 Å². The van der Waals surface area contributed by atoms with Crippen LogP contribution < -0.4 is 10.6 Å². The number of hydrogen-bond donors (Lipinski definition) is 1. The number of hydrogen-bond acceptors (Lipinski definition) is 4. The second-order valence-electron chi connectivity index (χ2n) is 4.54. The molecule has 2 N–H and O–H groups in total. The zero-order valence-corrected chi connectivity index (χ0v) is 12.5. The highest BCUT2D eigenvalue weighted by Crippen LogP contribution is 2.20. The van der Waals surface area contributed by atoms with E-state index in [1.165, 1.54) is 0 Å². The number of anilines is 1. The van der Waals surface area contributed by atoms with Crippen molar-refractivity contribution in [1.82, 2.24) is 9.97 Å². The second-order valence-corrected chi connectivity index (χ2v) is 4.98. The van der Waals surface area contributed by atoms with Crippen LogP contribution in [0.5, 0.6) is 0 Å². The maximum Gasteiger partial charge on any atom is 0.106 e. The summed E-state index contributed by atoms with van der Waals surface area (Å²) in [7, 11) is 0. The number of pyridine rings is 2. The molecule has 0 aliphatic rings. The Kier molecular flexibility index (Phi) is 4.63. The van der Waals surface area contributed by atoms with Gasteiger partial charge in [0.1, 0.15) is 4.99 Å². The van der Waals surface area contributed by atoms with Crippen molar-refractivity contribution in [3.05, 3.63) is 53.6 Å². The molecule has 0 radical (unpaired) electrons. The fourth-order valence-corrected chi connectivity index (χ4v) is 2.27. The first-order valence-electron chi connectivity index (χ1n) is 6.53. The monoisotopic (exact) mass is 286 g/mol. The van der Waals surface area contributed by atoms with E-state index in [1.807, 2.05) is 31.2 Å². The molecule has 0 aliphatic carbocycles. The van der Waals surface area contributed by atoms with Crippen LogP contribution in [-0.2, 0) is 6.54 Å². The van der Waals surface area contributed by atoms with Crippen molar-refractivity contribution < 1.29 is 0 Å². The maximum atomic E-state index is 5.79. The van der Waals surface area contributed by atoms with Gasteiger partial charge >= 0.3 is 0 Å². The lowest BCUT2D eigenvalue weighted by Crippen LogP contribution is -2.26. The quantitative estimate of drug-likeness (QED) is 0.856. The highest BCUT2D eigenvalue weighted by atomic mass is 32.1. The summed E-state index contributed by atoms with van der Waals surface area (Å²) in [5, 5.41) is 0. The Hall–Kier alpha value is -2.01. The van der Waals surface area contributed by atoms with E-state index in [-0.39, 0.29) is 0 Å². The van der Waals surface area contributed by atoms with Gasteiger partial charge in [0.2, 0.25) is 0 Å². The van der Waals surface area contributed by atoms with Gasteiger partial charge in [0.25, 0.3) is 0 Å². The van der Waals surface area contributed by atoms with Crippen LogP contribution in [0.4, 0.5) is 5.69 Å². The highest BCUT2D eigenvalue weighted by molar-refractivity contribution is 7.80. The van der Waals surface area contributed by atoms with Gasteiger partial charge in [-0.25, -0.2) is 0 Å². The molecule has 104 valence electrons. The Bertz CT molecular complexity index is 612. The minimum atomic E-state index is 0.387. The van der Waals surface area contributed by atoms with Crippen molar-refractivity contribution in [2.75, 3.05) is 11.4 Å². The Morgan fingerprint density at radius 1 is 1.35 bits per heavy atom. The molecule has 0 unspecified atom stereocenters. The SMILES string of the molecule is CCN(Cc1cccc(C)n1)c1cnccc1C(N)=S. The third kappa shape index (κ3) is 3.30. The topological polar surface area (TPSA) is 55.0 Å². The molecular formula is C15H18N4S. The van der Waals surface area contributed by atoms with Gasteiger partial charge < -0.3 is 10.6 Å². The molecule has 2 aromatic heterocycles. The highest BCUT2D eigenvalue weighted by Gasteiger charge is 2.12. The van der Waals surface area contributed by atoms with E-state index in [1.54, 1.807) is 12.4 Å². The summed E-state index contributed by atoms with van der Waals surface area (Å²) < 4.78 is 0. The first kappa shape index (κ1) is 14.4. The Labute approximate surface area is 124 Å². The molecule has 0 atom stereocenters. The Morgan fingerprint density at radius 2 is 2.15 bits per heavy atom. The average Bonchev–Trinajstić information content (AvgIpc) is 2.45. The van der Waals surface area contributed by atoms with Gasteiger partial charge in [-0.05, 0) is 32.0 Å². The van der Waals surface area contributed by atoms with Gasteiger partial charge in [0.05, 0.1) is 24.1 Å². The molecule has 2 heterocycles. The van der Waals surface area contributed by atoms with Crippen molar-refractivity contribution in [3.8, 4) is 0 Å². The van der Waals surface area contributed by atoms with Gasteiger partial charge in [0.15, 0.2) is 0 Å². The molecule has 0 spiro atoms. The van der Waals surface area contributed by atoms with Gasteiger partial charge in [0, 0.05) is 24.0 Å². The van der Waals surface area contributed by atoms with E-state index < -0.39 is 0 Å². The molecule has 0 bridgehead atoms. The molecule has 4 nitrogen and oxygen atoms in total. The van der Waals surface area contributed by atoms with E-state index >= 15 is 0 Å². The van der Waals surface area contributed by atoms with E-state index in [0.717, 1.165) is 29.2 Å². The molecule has 2 rings (SSSR count). The molecule has 20 heavy (non-hydrogen) atoms. The molecule has 5 heteroatoms. The molecule has 0 aromatic carbocycles. The Balaban J connectivity index is 2.31. The minimum absolute atomic E-state index is 0.387. The first-order chi connectivity index (χ1) is 9.61. The fraction of sp³-hybridized carbons (Fsp3) is 0.267. The summed E-state index contributed by atoms with van der Waals surface area (Å²) in [6, 6.07) is 7.88. The summed E-state index contributed by atoms with van der Waals surface area (Å²) in [6.07, 6.45) is 3.50. The van der Waals surface area contributed by atoms with E-state index in [0.29, 0.717) is 11.5 Å². The van der Waals surface area contributed by atoms with Gasteiger partial charge in [-0.3, -0.25) is 9.97 Å². The minimum Gasteiger partial charge on any atom is -0.389 e. The smallest absolute Gasteiger partial charge is 0.106 e. The van der Waals surface area contributed by atoms with Gasteiger partial charge in [-0.2, -0.15) is 0 Å². The van der Waals surface area contributed by atoms with Crippen LogP contribution >= 0.6 is 12.2 Å². The predicted molar refractivity (Wildman–Crippen MR) is 85.8 cm³/mol. The van der Waals surface area contributed by atoms with Crippen LogP contribution in [0.25, 0.3) is 0 Å². The van der Waals surface area contributed by atoms with Crippen molar-refractivity contribution in [2.45, 2.75) is 20.4 Å². The van der Waals surface area contributed by atoms with E-state index in [4.69, 9.17) is 18.0 Å². The summed E-state index contributed by atoms with van der Waals surface area (Å²) in [5.74, 6) is 0. The summed E-state index contributed by atoms with van der Waals surface area (Å²) in [6.45, 7) is 5.62. The lowest BCUT2D eigenvalue weighted by atomic mass is 10.2. The number of nitrogens with two attached hydrogens (primary N) is 1. The zero-order valence-electron chi connectivity index (χ0n) is 11.7. The van der Waals surface area contributed by atoms with Crippen LogP contribution in [0, 0.1) is 6.92 Å². The first-order valence-corrected chi connectivity index (χ1v) is 6.94. The van der Waals surface area contributed by atoms with E-state index in [2.05, 4.69) is 21.8 Å². The number of aryl methyl sites for hydroxylation is 1. The average molecular weight is 286 g/mol. The van der Waals surface area contributed by atoms with E-state index in [9.17, 15) is 0 Å². The summed E-state index contributed by atoms with van der Waals surface area (Å²) in [5.41, 5.74) is 9.62. The van der Waals surface area contributed by atoms with Gasteiger partial charge in [-0.15, -0.1) is 0 Å². The molecule has 0 fully saturated rings. The number of aromatic nitrogens is 2. The van der Waals surface area contributed by atoms with Crippen LogP contribution in [-0.4, -0.2) is 21.5 Å². The molecule has 0 aliphatic heterocycles. The number of nitrogens with zero attached hydrogens (tertiary/aromatic N) is 3. The van der Waals surface area contributed by atoms with Crippen molar-refractivity contribution in [1.29, 1.82) is 0 Å². The standard InChI is InChI=1S/C15H18N4S/c1-3-19(10-12-6-4-5-11(2)18-12)14-9-17-8-7-13(14)15(16)20/h4-9H,3,10H2,1-2H3,(H2,16,20). The second kappa shape index (κ2) is 6.43. The largest absolute Gasteiger partial charge is 0.389 e. The number of rotatable bonds is 5. The maximum absolute atomic E-state index is 5.79. The van der Waals surface area contributed by atoms with Crippen LogP contribution in [0.3, 0.4) is 0 Å². The third-order valence-corrected chi connectivity index (χ3v) is 3.31. The molecule has 0 saturated carbocycles. The summed E-state index contributed by atoms with van der Waals surface area (Å²) >= 11 is 5.11. The molecule has 2 aromatic rings. The molecule has 0 saturated heterocycles. The van der Waals surface area contributed by atoms with Crippen LogP contribution in [0.15, 0.2) is 36.7 Å². The van der Waals surface area contributed by atoms with Crippen LogP contribution in [0.2, 0.25) is 0 Å². The normalized spacial score (nSPS) is 10.3. The zero-order chi connectivity index (χ0) is 14.5. The third-order valence-electron chi connectivity index (χ3n) is 3.09. The van der Waals surface area contributed by atoms with Crippen LogP contribution in [0.1, 0.15) is 23.9 Å². The van der Waals surface area contributed by atoms with Crippen molar-refractivity contribution in [2.24, 2.45) is 5.73 Å². The number of thiocarbonyl (C=S) groups is 1. The van der Waals surface area contributed by atoms with Crippen molar-refractivity contribution >= 4 is 22.9 Å². The molecule has 0 amide bonds. The lowest BCUT2D eigenvalue weighted by molar-refractivity contribution is 0.802.